The molecule has 0 aliphatic rings. The van der Waals surface area contributed by atoms with Crippen LogP contribution in [0.5, 0.6) is 0 Å². The molecule has 28 heavy (non-hydrogen) atoms. The van der Waals surface area contributed by atoms with E-state index in [0.29, 0.717) is 0 Å². The summed E-state index contributed by atoms with van der Waals surface area (Å²) >= 11 is 0. The highest BCUT2D eigenvalue weighted by molar-refractivity contribution is 7.94. The van der Waals surface area contributed by atoms with Crippen LogP contribution in [-0.2, 0) is 19.7 Å². The highest BCUT2D eigenvalue weighted by Gasteiger charge is 2.35. The van der Waals surface area contributed by atoms with Crippen LogP contribution in [0.25, 0.3) is 11.5 Å². The van der Waals surface area contributed by atoms with Gasteiger partial charge in [-0.15, -0.1) is 0 Å². The second-order valence-corrected chi connectivity index (χ2v) is 9.77. The third-order valence-corrected chi connectivity index (χ3v) is 7.39. The fourth-order valence-corrected chi connectivity index (χ4v) is 5.59. The van der Waals surface area contributed by atoms with Gasteiger partial charge in [-0.25, -0.2) is 25.6 Å². The topological polar surface area (TPSA) is 94.3 Å². The van der Waals surface area contributed by atoms with E-state index in [1.165, 1.54) is 12.1 Å². The first kappa shape index (κ1) is 20.2. The summed E-state index contributed by atoms with van der Waals surface area (Å²) in [5, 5.41) is -1.58. The van der Waals surface area contributed by atoms with Crippen molar-refractivity contribution in [3.63, 3.8) is 0 Å². The molecule has 0 aliphatic heterocycles. The molecule has 2 aromatic carbocycles. The van der Waals surface area contributed by atoms with Crippen molar-refractivity contribution in [2.24, 2.45) is 0 Å². The van der Waals surface area contributed by atoms with E-state index < -0.39 is 41.4 Å². The molecular weight excluding hydrogens is 412 g/mol. The van der Waals surface area contributed by atoms with E-state index in [0.717, 1.165) is 36.4 Å². The minimum absolute atomic E-state index is 0.204. The number of hydrogen-bond acceptors (Lipinski definition) is 6. The van der Waals surface area contributed by atoms with Crippen molar-refractivity contribution >= 4 is 19.7 Å². The van der Waals surface area contributed by atoms with Crippen LogP contribution < -0.4 is 0 Å². The zero-order chi connectivity index (χ0) is 20.5. The van der Waals surface area contributed by atoms with Crippen LogP contribution >= 0.6 is 0 Å². The van der Waals surface area contributed by atoms with E-state index in [-0.39, 0.29) is 28.5 Å². The van der Waals surface area contributed by atoms with Gasteiger partial charge in [0.2, 0.25) is 30.6 Å². The molecule has 0 spiro atoms. The number of rotatable bonds is 6. The first-order valence-electron chi connectivity index (χ1n) is 8.15. The summed E-state index contributed by atoms with van der Waals surface area (Å²) < 4.78 is 82.6. The van der Waals surface area contributed by atoms with E-state index >= 15 is 0 Å². The van der Waals surface area contributed by atoms with E-state index in [4.69, 9.17) is 4.42 Å². The summed E-state index contributed by atoms with van der Waals surface area (Å²) in [6.07, 6.45) is 0.227. The van der Waals surface area contributed by atoms with Crippen molar-refractivity contribution in [1.82, 2.24) is 4.98 Å². The van der Waals surface area contributed by atoms with Gasteiger partial charge in [-0.2, -0.15) is 4.98 Å². The Morgan fingerprint density at radius 3 is 1.96 bits per heavy atom. The number of hydrogen-bond donors (Lipinski definition) is 0. The largest absolute Gasteiger partial charge is 0.423 e. The molecule has 0 amide bonds. The van der Waals surface area contributed by atoms with Gasteiger partial charge in [0.25, 0.3) is 5.09 Å². The fraction of sp³-hybridized carbons (Fsp3) is 0.167. The lowest BCUT2D eigenvalue weighted by Gasteiger charge is -2.04. The van der Waals surface area contributed by atoms with E-state index in [2.05, 4.69) is 4.98 Å². The molecule has 10 heteroatoms. The molecule has 0 saturated carbocycles. The zero-order valence-electron chi connectivity index (χ0n) is 14.6. The lowest BCUT2D eigenvalue weighted by Crippen LogP contribution is -2.12. The smallest absolute Gasteiger partial charge is 0.258 e. The van der Waals surface area contributed by atoms with Crippen LogP contribution in [0.2, 0.25) is 0 Å². The Morgan fingerprint density at radius 1 is 0.893 bits per heavy atom. The zero-order valence-corrected chi connectivity index (χ0v) is 16.2. The van der Waals surface area contributed by atoms with Gasteiger partial charge in [-0.3, -0.25) is 0 Å². The standard InChI is InChI=1S/C18H15F2NO5S2/c1-2-11-27(22,23)18-17(28(24,25)15-9-7-14(20)8-10-15)21-16(26-18)12-3-5-13(19)6-4-12/h3-10H,2,11H2,1H3. The lowest BCUT2D eigenvalue weighted by molar-refractivity contribution is 0.444. The van der Waals surface area contributed by atoms with E-state index in [9.17, 15) is 25.6 Å². The Balaban J connectivity index is 2.23. The predicted octanol–water partition coefficient (Wildman–Crippen LogP) is 3.64. The Labute approximate surface area is 160 Å². The number of oxazole rings is 1. The molecule has 6 nitrogen and oxygen atoms in total. The van der Waals surface area contributed by atoms with Crippen molar-refractivity contribution in [3.8, 4) is 11.5 Å². The first-order valence-corrected chi connectivity index (χ1v) is 11.3. The summed E-state index contributed by atoms with van der Waals surface area (Å²) in [4.78, 5) is 3.55. The predicted molar refractivity (Wildman–Crippen MR) is 96.1 cm³/mol. The maximum absolute atomic E-state index is 13.1. The molecule has 0 aliphatic carbocycles. The van der Waals surface area contributed by atoms with Crippen molar-refractivity contribution in [3.05, 3.63) is 60.2 Å². The molecule has 1 heterocycles. The quantitative estimate of drug-likeness (QED) is 0.558. The second kappa shape index (κ2) is 7.44. The van der Waals surface area contributed by atoms with Gasteiger partial charge in [0, 0.05) is 5.56 Å². The molecule has 0 atom stereocenters. The molecule has 148 valence electrons. The molecule has 0 fully saturated rings. The number of benzene rings is 2. The minimum atomic E-state index is -4.41. The summed E-state index contributed by atoms with van der Waals surface area (Å²) in [6, 6.07) is 8.67. The van der Waals surface area contributed by atoms with Crippen molar-refractivity contribution in [1.29, 1.82) is 0 Å². The number of sulfone groups is 2. The Kier molecular flexibility index (Phi) is 5.35. The monoisotopic (exact) mass is 427 g/mol. The van der Waals surface area contributed by atoms with E-state index in [1.807, 2.05) is 0 Å². The van der Waals surface area contributed by atoms with Crippen LogP contribution in [0.1, 0.15) is 13.3 Å². The third-order valence-electron chi connectivity index (χ3n) is 3.79. The molecular formula is C18H15F2NO5S2. The summed E-state index contributed by atoms with van der Waals surface area (Å²) in [5.41, 5.74) is 0.204. The molecule has 1 aromatic heterocycles. The third kappa shape index (κ3) is 3.83. The van der Waals surface area contributed by atoms with Crippen LogP contribution in [-0.4, -0.2) is 27.6 Å². The van der Waals surface area contributed by atoms with Gasteiger partial charge in [0.1, 0.15) is 11.6 Å². The lowest BCUT2D eigenvalue weighted by atomic mass is 10.2. The van der Waals surface area contributed by atoms with Crippen LogP contribution in [0.15, 0.2) is 68.0 Å². The number of halogens is 2. The number of nitrogens with zero attached hydrogens (tertiary/aromatic N) is 1. The highest BCUT2D eigenvalue weighted by Crippen LogP contribution is 2.32. The summed E-state index contributed by atoms with van der Waals surface area (Å²) in [6.45, 7) is 1.61. The summed E-state index contributed by atoms with van der Waals surface area (Å²) in [5.74, 6) is -1.81. The Bertz CT molecular complexity index is 1200. The van der Waals surface area contributed by atoms with Crippen LogP contribution in [0.3, 0.4) is 0 Å². The van der Waals surface area contributed by atoms with Crippen molar-refractivity contribution < 1.29 is 30.0 Å². The Hall–Kier alpha value is -2.59. The maximum Gasteiger partial charge on any atom is 0.258 e. The number of aromatic nitrogens is 1. The van der Waals surface area contributed by atoms with Gasteiger partial charge >= 0.3 is 0 Å². The SMILES string of the molecule is CCCS(=O)(=O)c1oc(-c2ccc(F)cc2)nc1S(=O)(=O)c1ccc(F)cc1. The maximum atomic E-state index is 13.1. The molecule has 0 radical (unpaired) electrons. The van der Waals surface area contributed by atoms with Gasteiger partial charge < -0.3 is 4.42 Å². The van der Waals surface area contributed by atoms with Crippen LogP contribution in [0, 0.1) is 11.6 Å². The van der Waals surface area contributed by atoms with Gasteiger partial charge in [0.15, 0.2) is 0 Å². The average Bonchev–Trinajstić information content (AvgIpc) is 3.10. The molecule has 0 N–H and O–H groups in total. The van der Waals surface area contributed by atoms with Crippen molar-refractivity contribution in [2.45, 2.75) is 28.4 Å². The van der Waals surface area contributed by atoms with Crippen LogP contribution in [0.4, 0.5) is 8.78 Å². The van der Waals surface area contributed by atoms with Crippen molar-refractivity contribution in [2.75, 3.05) is 5.75 Å². The van der Waals surface area contributed by atoms with E-state index in [1.54, 1.807) is 6.92 Å². The second-order valence-electron chi connectivity index (χ2n) is 5.89. The molecule has 0 saturated heterocycles. The normalized spacial score (nSPS) is 12.2. The molecule has 0 unspecified atom stereocenters. The fourth-order valence-electron chi connectivity index (χ4n) is 2.46. The summed E-state index contributed by atoms with van der Waals surface area (Å²) in [7, 11) is -8.50. The minimum Gasteiger partial charge on any atom is -0.423 e. The highest BCUT2D eigenvalue weighted by atomic mass is 32.2. The van der Waals surface area contributed by atoms with Gasteiger partial charge in [-0.05, 0) is 55.0 Å². The van der Waals surface area contributed by atoms with Gasteiger partial charge in [0.05, 0.1) is 10.6 Å². The Morgan fingerprint density at radius 2 is 1.43 bits per heavy atom. The first-order chi connectivity index (χ1) is 13.1. The molecule has 3 aromatic rings. The average molecular weight is 427 g/mol. The molecule has 0 bridgehead atoms. The van der Waals surface area contributed by atoms with Gasteiger partial charge in [-0.1, -0.05) is 6.92 Å². The molecule has 3 rings (SSSR count).